The van der Waals surface area contributed by atoms with E-state index >= 15 is 0 Å². The number of anilines is 1. The molecular weight excluding hydrogens is 374 g/mol. The Morgan fingerprint density at radius 1 is 1.46 bits per heavy atom. The quantitative estimate of drug-likeness (QED) is 0.845. The number of ether oxygens (including phenoxy) is 1. The van der Waals surface area contributed by atoms with Crippen LogP contribution in [0.25, 0.3) is 0 Å². The molecule has 1 fully saturated rings. The molecule has 130 valence electrons. The van der Waals surface area contributed by atoms with Crippen LogP contribution in [0, 0.1) is 5.92 Å². The number of halogens is 1. The molecular formula is C17H22BrN3O3. The Bertz CT molecular complexity index is 652. The van der Waals surface area contributed by atoms with E-state index in [0.29, 0.717) is 30.4 Å². The summed E-state index contributed by atoms with van der Waals surface area (Å²) in [4.78, 5) is 28.4. The van der Waals surface area contributed by atoms with Gasteiger partial charge in [0, 0.05) is 23.6 Å². The van der Waals surface area contributed by atoms with E-state index in [2.05, 4.69) is 22.9 Å². The van der Waals surface area contributed by atoms with Crippen molar-refractivity contribution >= 4 is 33.4 Å². The van der Waals surface area contributed by atoms with Crippen LogP contribution in [0.2, 0.25) is 0 Å². The zero-order chi connectivity index (χ0) is 17.3. The molecule has 0 bridgehead atoms. The van der Waals surface area contributed by atoms with E-state index in [1.54, 1.807) is 6.07 Å². The Hall–Kier alpha value is -1.60. The lowest BCUT2D eigenvalue weighted by molar-refractivity contribution is -0.135. The van der Waals surface area contributed by atoms with Crippen LogP contribution in [0.5, 0.6) is 5.75 Å². The predicted molar refractivity (Wildman–Crippen MR) is 94.9 cm³/mol. The van der Waals surface area contributed by atoms with E-state index in [4.69, 9.17) is 10.5 Å². The summed E-state index contributed by atoms with van der Waals surface area (Å²) < 4.78 is 6.33. The van der Waals surface area contributed by atoms with E-state index in [1.165, 1.54) is 4.90 Å². The number of amides is 2. The van der Waals surface area contributed by atoms with Gasteiger partial charge in [0.2, 0.25) is 5.91 Å². The molecule has 0 spiro atoms. The fourth-order valence-electron chi connectivity index (χ4n) is 3.38. The fraction of sp³-hybridized carbons (Fsp3) is 0.529. The Labute approximate surface area is 150 Å². The summed E-state index contributed by atoms with van der Waals surface area (Å²) in [5, 5.41) is 0. The van der Waals surface area contributed by atoms with Crippen molar-refractivity contribution < 1.29 is 14.3 Å². The molecule has 24 heavy (non-hydrogen) atoms. The molecule has 2 aliphatic heterocycles. The molecule has 2 N–H and O–H groups in total. The largest absolute Gasteiger partial charge is 0.482 e. The van der Waals surface area contributed by atoms with Crippen LogP contribution in [0.4, 0.5) is 5.69 Å². The summed E-state index contributed by atoms with van der Waals surface area (Å²) in [6.07, 6.45) is 1.89. The molecule has 0 aliphatic carbocycles. The van der Waals surface area contributed by atoms with Gasteiger partial charge < -0.3 is 15.4 Å². The molecule has 0 aromatic heterocycles. The minimum absolute atomic E-state index is 0.0295. The lowest BCUT2D eigenvalue weighted by Gasteiger charge is -2.39. The summed E-state index contributed by atoms with van der Waals surface area (Å²) in [5.74, 6) is 0.930. The van der Waals surface area contributed by atoms with Crippen molar-refractivity contribution in [3.63, 3.8) is 0 Å². The second-order valence-electron chi connectivity index (χ2n) is 6.49. The monoisotopic (exact) mass is 395 g/mol. The third-order valence-electron chi connectivity index (χ3n) is 4.73. The molecule has 1 saturated heterocycles. The summed E-state index contributed by atoms with van der Waals surface area (Å²) in [7, 11) is 0. The van der Waals surface area contributed by atoms with Crippen molar-refractivity contribution in [2.75, 3.05) is 31.1 Å². The number of hydrogen-bond acceptors (Lipinski definition) is 4. The van der Waals surface area contributed by atoms with Crippen molar-refractivity contribution in [1.82, 2.24) is 4.90 Å². The van der Waals surface area contributed by atoms with E-state index < -0.39 is 0 Å². The Balaban J connectivity index is 1.78. The van der Waals surface area contributed by atoms with Crippen LogP contribution in [-0.2, 0) is 9.59 Å². The first-order valence-electron chi connectivity index (χ1n) is 8.22. The van der Waals surface area contributed by atoms with Crippen LogP contribution in [0.15, 0.2) is 22.7 Å². The molecule has 2 atom stereocenters. The molecule has 0 saturated carbocycles. The van der Waals surface area contributed by atoms with Crippen LogP contribution < -0.4 is 15.4 Å². The van der Waals surface area contributed by atoms with Crippen molar-refractivity contribution in [3.05, 3.63) is 22.7 Å². The normalized spacial score (nSPS) is 23.7. The third-order valence-corrected chi connectivity index (χ3v) is 5.22. The van der Waals surface area contributed by atoms with Gasteiger partial charge >= 0.3 is 0 Å². The number of nitrogens with two attached hydrogens (primary N) is 1. The zero-order valence-corrected chi connectivity index (χ0v) is 15.3. The molecule has 0 radical (unpaired) electrons. The Morgan fingerprint density at radius 2 is 2.25 bits per heavy atom. The van der Waals surface area contributed by atoms with Crippen molar-refractivity contribution in [1.29, 1.82) is 0 Å². The van der Waals surface area contributed by atoms with Crippen molar-refractivity contribution in [3.8, 4) is 5.75 Å². The van der Waals surface area contributed by atoms with E-state index in [9.17, 15) is 9.59 Å². The van der Waals surface area contributed by atoms with Gasteiger partial charge in [0.25, 0.3) is 5.91 Å². The fourth-order valence-corrected chi connectivity index (χ4v) is 3.72. The minimum atomic E-state index is -0.201. The topological polar surface area (TPSA) is 75.9 Å². The number of fused-ring (bicyclic) bond motifs is 1. The average molecular weight is 396 g/mol. The van der Waals surface area contributed by atoms with Crippen LogP contribution >= 0.6 is 15.9 Å². The van der Waals surface area contributed by atoms with Crippen molar-refractivity contribution in [2.24, 2.45) is 11.7 Å². The lowest BCUT2D eigenvalue weighted by Crippen LogP contribution is -2.53. The molecule has 2 heterocycles. The van der Waals surface area contributed by atoms with Crippen LogP contribution in [0.3, 0.4) is 0 Å². The smallest absolute Gasteiger partial charge is 0.265 e. The summed E-state index contributed by atoms with van der Waals surface area (Å²) in [5.41, 5.74) is 6.48. The van der Waals surface area contributed by atoms with E-state index in [0.717, 1.165) is 17.3 Å². The molecule has 1 aromatic rings. The minimum Gasteiger partial charge on any atom is -0.482 e. The van der Waals surface area contributed by atoms with E-state index in [-0.39, 0.29) is 31.0 Å². The molecule has 2 amide bonds. The first-order chi connectivity index (χ1) is 11.5. The standard InChI is InChI=1S/C17H22BrN3O3/c1-11-4-5-20(13(6-11)8-19)16(22)9-21-14-3-2-12(18)7-15(14)24-10-17(21)23/h2-3,7,11,13H,4-6,8-10,19H2,1H3. The van der Waals surface area contributed by atoms with E-state index in [1.807, 2.05) is 17.0 Å². The number of nitrogens with zero attached hydrogens (tertiary/aromatic N) is 2. The summed E-state index contributed by atoms with van der Waals surface area (Å²) in [6, 6.07) is 5.50. The van der Waals surface area contributed by atoms with Gasteiger partial charge in [0.05, 0.1) is 5.69 Å². The maximum atomic E-state index is 12.8. The average Bonchev–Trinajstić information content (AvgIpc) is 2.57. The molecule has 1 aromatic carbocycles. The molecule has 6 nitrogen and oxygen atoms in total. The number of benzene rings is 1. The highest BCUT2D eigenvalue weighted by Gasteiger charge is 2.33. The Kier molecular flexibility index (Phi) is 5.10. The van der Waals surface area contributed by atoms with Gasteiger partial charge in [0.1, 0.15) is 12.3 Å². The van der Waals surface area contributed by atoms with Gasteiger partial charge in [-0.3, -0.25) is 14.5 Å². The third kappa shape index (κ3) is 3.42. The summed E-state index contributed by atoms with van der Waals surface area (Å²) in [6.45, 7) is 3.32. The number of piperidine rings is 1. The highest BCUT2D eigenvalue weighted by atomic mass is 79.9. The van der Waals surface area contributed by atoms with Gasteiger partial charge in [0.15, 0.2) is 6.61 Å². The molecule has 2 aliphatic rings. The van der Waals surface area contributed by atoms with Crippen molar-refractivity contribution in [2.45, 2.75) is 25.8 Å². The number of carbonyl (C=O) groups is 2. The van der Waals surface area contributed by atoms with Gasteiger partial charge in [-0.15, -0.1) is 0 Å². The lowest BCUT2D eigenvalue weighted by atomic mass is 9.92. The number of rotatable bonds is 3. The number of likely N-dealkylation sites (tertiary alicyclic amines) is 1. The molecule has 2 unspecified atom stereocenters. The maximum Gasteiger partial charge on any atom is 0.265 e. The highest BCUT2D eigenvalue weighted by molar-refractivity contribution is 9.10. The van der Waals surface area contributed by atoms with Gasteiger partial charge in [-0.05, 0) is 37.0 Å². The number of carbonyl (C=O) groups excluding carboxylic acids is 2. The van der Waals surface area contributed by atoms with Crippen LogP contribution in [-0.4, -0.2) is 49.0 Å². The predicted octanol–water partition coefficient (Wildman–Crippen LogP) is 1.76. The zero-order valence-electron chi connectivity index (χ0n) is 13.7. The number of hydrogen-bond donors (Lipinski definition) is 1. The second kappa shape index (κ2) is 7.11. The molecule has 3 rings (SSSR count). The second-order valence-corrected chi connectivity index (χ2v) is 7.40. The van der Waals surface area contributed by atoms with Gasteiger partial charge in [-0.2, -0.15) is 0 Å². The summed E-state index contributed by atoms with van der Waals surface area (Å²) >= 11 is 3.39. The highest BCUT2D eigenvalue weighted by Crippen LogP contribution is 2.34. The van der Waals surface area contributed by atoms with Crippen LogP contribution in [0.1, 0.15) is 19.8 Å². The SMILES string of the molecule is CC1CCN(C(=O)CN2C(=O)COc3cc(Br)ccc32)C(CN)C1. The first kappa shape index (κ1) is 17.2. The Morgan fingerprint density at radius 3 is 3.00 bits per heavy atom. The van der Waals surface area contributed by atoms with Gasteiger partial charge in [-0.25, -0.2) is 0 Å². The van der Waals surface area contributed by atoms with Gasteiger partial charge in [-0.1, -0.05) is 22.9 Å². The first-order valence-corrected chi connectivity index (χ1v) is 9.01. The maximum absolute atomic E-state index is 12.8. The molecule has 7 heteroatoms.